The summed E-state index contributed by atoms with van der Waals surface area (Å²) < 4.78 is 25.1. The van der Waals surface area contributed by atoms with E-state index in [0.717, 1.165) is 27.4 Å². The van der Waals surface area contributed by atoms with Gasteiger partial charge in [-0.15, -0.1) is 11.3 Å². The van der Waals surface area contributed by atoms with Gasteiger partial charge in [-0.2, -0.15) is 0 Å². The lowest BCUT2D eigenvalue weighted by molar-refractivity contribution is 0.101. The number of anilines is 1. The number of rotatable bonds is 4. The van der Waals surface area contributed by atoms with Crippen LogP contribution in [0.5, 0.6) is 0 Å². The fourth-order valence-corrected chi connectivity index (χ4v) is 3.98. The number of nitrogens with two attached hydrogens (primary N) is 1. The summed E-state index contributed by atoms with van der Waals surface area (Å²) in [6.45, 7) is 5.51. The summed E-state index contributed by atoms with van der Waals surface area (Å²) in [5.41, 5.74) is 4.02. The summed E-state index contributed by atoms with van der Waals surface area (Å²) in [6.07, 6.45) is 1.84. The first-order chi connectivity index (χ1) is 12.6. The van der Waals surface area contributed by atoms with Gasteiger partial charge in [0.25, 0.3) is 5.91 Å². The zero-order valence-electron chi connectivity index (χ0n) is 15.4. The zero-order chi connectivity index (χ0) is 19.9. The second-order valence-electron chi connectivity index (χ2n) is 6.39. The molecule has 0 atom stereocenters. The molecule has 3 rings (SSSR count). The lowest BCUT2D eigenvalue weighted by Gasteiger charge is -2.13. The first-order valence-electron chi connectivity index (χ1n) is 8.10. The third-order valence-corrected chi connectivity index (χ3v) is 6.04. The van der Waals surface area contributed by atoms with E-state index in [2.05, 4.69) is 10.3 Å². The molecule has 0 aliphatic heterocycles. The molecule has 0 unspecified atom stereocenters. The molecular formula is C18H20N4O3S2. The van der Waals surface area contributed by atoms with Gasteiger partial charge in [-0.25, -0.2) is 18.5 Å². The number of aryl methyl sites for hydroxylation is 3. The van der Waals surface area contributed by atoms with Crippen LogP contribution in [0, 0.1) is 20.8 Å². The topological polar surface area (TPSA) is 107 Å². The standard InChI is InChI=1S/C18H20N4O3S2/c1-10-5-14(27(19,24)25)7-15(11(10)2)21-18(23)17-6-13(8-22(17)4)16-9-26-12(3)20-16/h5-9H,1-4H3,(H,21,23)(H2,19,24,25). The maximum absolute atomic E-state index is 12.8. The van der Waals surface area contributed by atoms with E-state index in [4.69, 9.17) is 5.14 Å². The highest BCUT2D eigenvalue weighted by Crippen LogP contribution is 2.26. The number of hydrogen-bond acceptors (Lipinski definition) is 5. The van der Waals surface area contributed by atoms with Crippen LogP contribution in [0.1, 0.15) is 26.6 Å². The number of aromatic nitrogens is 2. The number of amides is 1. The Morgan fingerprint density at radius 2 is 1.93 bits per heavy atom. The highest BCUT2D eigenvalue weighted by Gasteiger charge is 2.18. The van der Waals surface area contributed by atoms with Crippen LogP contribution in [0.4, 0.5) is 5.69 Å². The first-order valence-corrected chi connectivity index (χ1v) is 10.5. The minimum atomic E-state index is -3.87. The molecule has 0 spiro atoms. The molecule has 0 aliphatic rings. The Balaban J connectivity index is 1.95. The number of carbonyl (C=O) groups is 1. The van der Waals surface area contributed by atoms with Gasteiger partial charge in [0.15, 0.2) is 0 Å². The summed E-state index contributed by atoms with van der Waals surface area (Å²) in [5, 5.41) is 10.9. The minimum absolute atomic E-state index is 0.0357. The number of sulfonamides is 1. The van der Waals surface area contributed by atoms with Crippen molar-refractivity contribution < 1.29 is 13.2 Å². The Labute approximate surface area is 161 Å². The van der Waals surface area contributed by atoms with Crippen molar-refractivity contribution in [1.82, 2.24) is 9.55 Å². The maximum Gasteiger partial charge on any atom is 0.272 e. The molecule has 0 bridgehead atoms. The van der Waals surface area contributed by atoms with Crippen molar-refractivity contribution in [3.05, 3.63) is 51.6 Å². The van der Waals surface area contributed by atoms with Gasteiger partial charge in [0.05, 0.1) is 15.6 Å². The quantitative estimate of drug-likeness (QED) is 0.697. The molecule has 0 radical (unpaired) electrons. The molecular weight excluding hydrogens is 384 g/mol. The van der Waals surface area contributed by atoms with E-state index in [1.807, 2.05) is 25.4 Å². The Kier molecular flexibility index (Phi) is 4.94. The predicted octanol–water partition coefficient (Wildman–Crippen LogP) is 2.97. The second-order valence-corrected chi connectivity index (χ2v) is 9.01. The molecule has 1 amide bonds. The van der Waals surface area contributed by atoms with Gasteiger partial charge in [-0.05, 0) is 50.1 Å². The van der Waals surface area contributed by atoms with E-state index in [1.54, 1.807) is 35.9 Å². The number of thiazole rings is 1. The molecule has 0 aliphatic carbocycles. The van der Waals surface area contributed by atoms with E-state index < -0.39 is 10.0 Å². The summed E-state index contributed by atoms with van der Waals surface area (Å²) >= 11 is 1.54. The van der Waals surface area contributed by atoms with Crippen molar-refractivity contribution in [2.75, 3.05) is 5.32 Å². The molecule has 2 heterocycles. The van der Waals surface area contributed by atoms with E-state index in [0.29, 0.717) is 11.4 Å². The molecule has 0 saturated carbocycles. The van der Waals surface area contributed by atoms with Gasteiger partial charge in [0.1, 0.15) is 5.69 Å². The molecule has 7 nitrogen and oxygen atoms in total. The lowest BCUT2D eigenvalue weighted by atomic mass is 10.1. The van der Waals surface area contributed by atoms with Crippen molar-refractivity contribution in [2.24, 2.45) is 12.2 Å². The van der Waals surface area contributed by atoms with Crippen LogP contribution in [0.2, 0.25) is 0 Å². The SMILES string of the molecule is Cc1nc(-c2cc(C(=O)Nc3cc(S(N)(=O)=O)cc(C)c3C)n(C)c2)cs1. The van der Waals surface area contributed by atoms with Crippen LogP contribution in [-0.2, 0) is 17.1 Å². The number of primary sulfonamides is 1. The van der Waals surface area contributed by atoms with E-state index in [-0.39, 0.29) is 10.8 Å². The molecule has 9 heteroatoms. The first kappa shape index (κ1) is 19.3. The lowest BCUT2D eigenvalue weighted by Crippen LogP contribution is -2.18. The predicted molar refractivity (Wildman–Crippen MR) is 107 cm³/mol. The fourth-order valence-electron chi connectivity index (χ4n) is 2.73. The molecule has 3 aromatic rings. The third kappa shape index (κ3) is 3.95. The van der Waals surface area contributed by atoms with Crippen molar-refractivity contribution in [3.8, 4) is 11.3 Å². The summed E-state index contributed by atoms with van der Waals surface area (Å²) in [4.78, 5) is 17.2. The average molecular weight is 405 g/mol. The molecule has 142 valence electrons. The van der Waals surface area contributed by atoms with Gasteiger partial charge >= 0.3 is 0 Å². The Hall–Kier alpha value is -2.49. The van der Waals surface area contributed by atoms with Crippen LogP contribution in [0.3, 0.4) is 0 Å². The van der Waals surface area contributed by atoms with E-state index >= 15 is 0 Å². The van der Waals surface area contributed by atoms with Crippen LogP contribution >= 0.6 is 11.3 Å². The highest BCUT2D eigenvalue weighted by atomic mass is 32.2. The normalized spacial score (nSPS) is 11.6. The van der Waals surface area contributed by atoms with Gasteiger partial charge < -0.3 is 9.88 Å². The van der Waals surface area contributed by atoms with Crippen molar-refractivity contribution in [3.63, 3.8) is 0 Å². The molecule has 1 aromatic carbocycles. The number of nitrogens with one attached hydrogen (secondary N) is 1. The smallest absolute Gasteiger partial charge is 0.272 e. The summed E-state index contributed by atoms with van der Waals surface area (Å²) in [6, 6.07) is 4.63. The number of nitrogens with zero attached hydrogens (tertiary/aromatic N) is 2. The van der Waals surface area contributed by atoms with Gasteiger partial charge in [-0.3, -0.25) is 4.79 Å². The van der Waals surface area contributed by atoms with Crippen LogP contribution < -0.4 is 10.5 Å². The Morgan fingerprint density at radius 1 is 1.22 bits per heavy atom. The van der Waals surface area contributed by atoms with E-state index in [9.17, 15) is 13.2 Å². The number of carbonyl (C=O) groups excluding carboxylic acids is 1. The summed E-state index contributed by atoms with van der Waals surface area (Å²) in [7, 11) is -2.09. The minimum Gasteiger partial charge on any atom is -0.346 e. The average Bonchev–Trinajstić information content (AvgIpc) is 3.16. The van der Waals surface area contributed by atoms with Crippen LogP contribution in [0.25, 0.3) is 11.3 Å². The van der Waals surface area contributed by atoms with Crippen LogP contribution in [-0.4, -0.2) is 23.9 Å². The fraction of sp³-hybridized carbons (Fsp3) is 0.222. The zero-order valence-corrected chi connectivity index (χ0v) is 17.0. The number of hydrogen-bond donors (Lipinski definition) is 2. The van der Waals surface area contributed by atoms with Gasteiger partial charge in [-0.1, -0.05) is 0 Å². The van der Waals surface area contributed by atoms with Crippen molar-refractivity contribution >= 4 is 33.0 Å². The van der Waals surface area contributed by atoms with Crippen LogP contribution in [0.15, 0.2) is 34.7 Å². The van der Waals surface area contributed by atoms with E-state index in [1.165, 1.54) is 12.1 Å². The Bertz CT molecular complexity index is 1140. The Morgan fingerprint density at radius 3 is 2.52 bits per heavy atom. The largest absolute Gasteiger partial charge is 0.346 e. The van der Waals surface area contributed by atoms with Crippen molar-refractivity contribution in [2.45, 2.75) is 25.7 Å². The van der Waals surface area contributed by atoms with Crippen molar-refractivity contribution in [1.29, 1.82) is 0 Å². The molecule has 0 fully saturated rings. The molecule has 2 aromatic heterocycles. The molecule has 3 N–H and O–H groups in total. The third-order valence-electron chi connectivity index (χ3n) is 4.37. The molecule has 27 heavy (non-hydrogen) atoms. The second kappa shape index (κ2) is 6.91. The van der Waals surface area contributed by atoms with Gasteiger partial charge in [0.2, 0.25) is 10.0 Å². The highest BCUT2D eigenvalue weighted by molar-refractivity contribution is 7.89. The van der Waals surface area contributed by atoms with Gasteiger partial charge in [0, 0.05) is 29.9 Å². The summed E-state index contributed by atoms with van der Waals surface area (Å²) in [5.74, 6) is -0.343. The maximum atomic E-state index is 12.8. The monoisotopic (exact) mass is 404 g/mol. The molecule has 0 saturated heterocycles. The number of benzene rings is 1.